The van der Waals surface area contributed by atoms with Crippen molar-refractivity contribution < 1.29 is 13.9 Å². The lowest BCUT2D eigenvalue weighted by atomic mass is 9.78. The van der Waals surface area contributed by atoms with Gasteiger partial charge in [0.25, 0.3) is 5.91 Å². The van der Waals surface area contributed by atoms with E-state index in [0.717, 1.165) is 44.3 Å². The van der Waals surface area contributed by atoms with Gasteiger partial charge in [0.15, 0.2) is 0 Å². The van der Waals surface area contributed by atoms with Crippen LogP contribution in [0, 0.1) is 5.82 Å². The molecule has 1 saturated carbocycles. The van der Waals surface area contributed by atoms with Crippen molar-refractivity contribution in [2.45, 2.75) is 49.5 Å². The summed E-state index contributed by atoms with van der Waals surface area (Å²) < 4.78 is 18.9. The van der Waals surface area contributed by atoms with Gasteiger partial charge in [-0.25, -0.2) is 4.39 Å². The summed E-state index contributed by atoms with van der Waals surface area (Å²) in [5.74, 6) is -0.233. The van der Waals surface area contributed by atoms with E-state index < -0.39 is 5.60 Å². The van der Waals surface area contributed by atoms with Crippen LogP contribution in [0.2, 0.25) is 0 Å². The van der Waals surface area contributed by atoms with Gasteiger partial charge in [0, 0.05) is 19.1 Å². The number of amides is 1. The van der Waals surface area contributed by atoms with Crippen LogP contribution in [0.25, 0.3) is 0 Å². The summed E-state index contributed by atoms with van der Waals surface area (Å²) >= 11 is 0. The van der Waals surface area contributed by atoms with Gasteiger partial charge < -0.3 is 15.4 Å². The van der Waals surface area contributed by atoms with Crippen molar-refractivity contribution in [3.05, 3.63) is 35.6 Å². The minimum absolute atomic E-state index is 0. The first kappa shape index (κ1) is 20.1. The first-order chi connectivity index (χ1) is 11.6. The number of rotatable bonds is 5. The molecule has 25 heavy (non-hydrogen) atoms. The largest absolute Gasteiger partial charge is 0.368 e. The maximum absolute atomic E-state index is 13.3. The summed E-state index contributed by atoms with van der Waals surface area (Å²) in [6, 6.07) is 6.76. The van der Waals surface area contributed by atoms with E-state index in [1.807, 2.05) is 12.1 Å². The smallest absolute Gasteiger partial charge is 0.252 e. The Balaban J connectivity index is 0.00000225. The maximum atomic E-state index is 13.3. The molecule has 0 atom stereocenters. The number of benzene rings is 1. The molecule has 0 unspecified atom stereocenters. The molecule has 140 valence electrons. The molecule has 6 heteroatoms. The Labute approximate surface area is 155 Å². The molecule has 2 aliphatic rings. The summed E-state index contributed by atoms with van der Waals surface area (Å²) in [6.07, 6.45) is 5.73. The Morgan fingerprint density at radius 3 is 2.32 bits per heavy atom. The summed E-state index contributed by atoms with van der Waals surface area (Å²) in [7, 11) is 1.62. The molecule has 1 aliphatic heterocycles. The van der Waals surface area contributed by atoms with Crippen molar-refractivity contribution in [2.75, 3.05) is 26.7 Å². The van der Waals surface area contributed by atoms with E-state index in [0.29, 0.717) is 19.4 Å². The van der Waals surface area contributed by atoms with Gasteiger partial charge in [-0.1, -0.05) is 25.0 Å². The highest BCUT2D eigenvalue weighted by Gasteiger charge is 2.42. The fourth-order valence-electron chi connectivity index (χ4n) is 4.19. The number of hydrogen-bond donors (Lipinski definition) is 2. The van der Waals surface area contributed by atoms with E-state index in [4.69, 9.17) is 4.74 Å². The van der Waals surface area contributed by atoms with E-state index in [1.165, 1.54) is 12.1 Å². The van der Waals surface area contributed by atoms with Crippen LogP contribution in [-0.4, -0.2) is 38.3 Å². The highest BCUT2D eigenvalue weighted by Crippen LogP contribution is 2.40. The monoisotopic (exact) mass is 370 g/mol. The third kappa shape index (κ3) is 4.15. The van der Waals surface area contributed by atoms with Crippen LogP contribution in [0.4, 0.5) is 4.39 Å². The number of ether oxygens (including phenoxy) is 1. The lowest BCUT2D eigenvalue weighted by Gasteiger charge is -2.37. The number of piperidine rings is 1. The predicted octanol–water partition coefficient (Wildman–Crippen LogP) is 2.94. The second-order valence-electron chi connectivity index (χ2n) is 7.13. The molecule has 1 heterocycles. The van der Waals surface area contributed by atoms with Gasteiger partial charge in [0.05, 0.1) is 0 Å². The Morgan fingerprint density at radius 2 is 1.76 bits per heavy atom. The van der Waals surface area contributed by atoms with Crippen LogP contribution in [0.15, 0.2) is 24.3 Å². The van der Waals surface area contributed by atoms with Gasteiger partial charge in [0.2, 0.25) is 0 Å². The summed E-state index contributed by atoms with van der Waals surface area (Å²) in [5, 5.41) is 6.42. The minimum Gasteiger partial charge on any atom is -0.368 e. The Kier molecular flexibility index (Phi) is 6.83. The molecule has 2 fully saturated rings. The topological polar surface area (TPSA) is 50.4 Å². The number of nitrogens with one attached hydrogen (secondary N) is 2. The van der Waals surface area contributed by atoms with Gasteiger partial charge in [-0.15, -0.1) is 12.4 Å². The lowest BCUT2D eigenvalue weighted by molar-refractivity contribution is -0.147. The van der Waals surface area contributed by atoms with E-state index in [1.54, 1.807) is 7.11 Å². The molecule has 0 aromatic heterocycles. The Morgan fingerprint density at radius 1 is 1.16 bits per heavy atom. The number of halogens is 2. The molecule has 4 nitrogen and oxygen atoms in total. The van der Waals surface area contributed by atoms with Crippen molar-refractivity contribution >= 4 is 18.3 Å². The summed E-state index contributed by atoms with van der Waals surface area (Å²) in [5.41, 5.74) is 0.331. The van der Waals surface area contributed by atoms with Crippen LogP contribution in [0.3, 0.4) is 0 Å². The van der Waals surface area contributed by atoms with Crippen molar-refractivity contribution in [1.29, 1.82) is 0 Å². The van der Waals surface area contributed by atoms with Crippen LogP contribution >= 0.6 is 12.4 Å². The average molecular weight is 371 g/mol. The third-order valence-corrected chi connectivity index (χ3v) is 5.82. The maximum Gasteiger partial charge on any atom is 0.252 e. The molecule has 1 aromatic rings. The quantitative estimate of drug-likeness (QED) is 0.837. The van der Waals surface area contributed by atoms with Crippen LogP contribution in [0.1, 0.15) is 44.1 Å². The first-order valence-corrected chi connectivity index (χ1v) is 8.91. The van der Waals surface area contributed by atoms with E-state index in [9.17, 15) is 9.18 Å². The lowest BCUT2D eigenvalue weighted by Crippen LogP contribution is -2.55. The molecular formula is C19H28ClFN2O2. The number of carbonyl (C=O) groups excluding carboxylic acids is 1. The molecule has 0 bridgehead atoms. The number of hydrogen-bond acceptors (Lipinski definition) is 3. The van der Waals surface area contributed by atoms with Crippen molar-refractivity contribution in [3.63, 3.8) is 0 Å². The van der Waals surface area contributed by atoms with E-state index in [-0.39, 0.29) is 29.5 Å². The van der Waals surface area contributed by atoms with Crippen LogP contribution in [0.5, 0.6) is 0 Å². The fourth-order valence-corrected chi connectivity index (χ4v) is 4.19. The fraction of sp³-hybridized carbons (Fsp3) is 0.632. The van der Waals surface area contributed by atoms with E-state index >= 15 is 0 Å². The van der Waals surface area contributed by atoms with Crippen molar-refractivity contribution in [2.24, 2.45) is 0 Å². The highest BCUT2D eigenvalue weighted by molar-refractivity contribution is 5.85. The molecule has 2 N–H and O–H groups in total. The standard InChI is InChI=1S/C19H27FN2O2.ClH/c1-24-19(10-12-21-13-11-19)17(23)22-14-18(8-2-3-9-18)15-4-6-16(20)7-5-15;/h4-7,21H,2-3,8-14H2,1H3,(H,22,23);1H. The van der Waals surface area contributed by atoms with Crippen LogP contribution < -0.4 is 10.6 Å². The average Bonchev–Trinajstić information content (AvgIpc) is 3.11. The van der Waals surface area contributed by atoms with Gasteiger partial charge in [-0.05, 0) is 56.5 Å². The second-order valence-corrected chi connectivity index (χ2v) is 7.13. The SMILES string of the molecule is COC1(C(=O)NCC2(c3ccc(F)cc3)CCCC2)CCNCC1.Cl. The molecule has 0 spiro atoms. The van der Waals surface area contributed by atoms with Crippen molar-refractivity contribution in [3.8, 4) is 0 Å². The first-order valence-electron chi connectivity index (χ1n) is 8.91. The highest BCUT2D eigenvalue weighted by atomic mass is 35.5. The van der Waals surface area contributed by atoms with Crippen molar-refractivity contribution in [1.82, 2.24) is 10.6 Å². The Bertz CT molecular complexity index is 567. The normalized spacial score (nSPS) is 21.4. The zero-order valence-corrected chi connectivity index (χ0v) is 15.6. The molecule has 3 rings (SSSR count). The molecule has 1 aliphatic carbocycles. The van der Waals surface area contributed by atoms with Crippen LogP contribution in [-0.2, 0) is 14.9 Å². The van der Waals surface area contributed by atoms with E-state index in [2.05, 4.69) is 10.6 Å². The number of methoxy groups -OCH3 is 1. The Hall–Kier alpha value is -1.17. The molecule has 1 aromatic carbocycles. The second kappa shape index (κ2) is 8.47. The zero-order valence-electron chi connectivity index (χ0n) is 14.8. The predicted molar refractivity (Wildman–Crippen MR) is 98.6 cm³/mol. The summed E-state index contributed by atoms with van der Waals surface area (Å²) in [4.78, 5) is 12.8. The van der Waals surface area contributed by atoms with Gasteiger partial charge in [-0.3, -0.25) is 4.79 Å². The molecule has 0 radical (unpaired) electrons. The molecule has 1 saturated heterocycles. The molecular weight excluding hydrogens is 343 g/mol. The van der Waals surface area contributed by atoms with Gasteiger partial charge in [0.1, 0.15) is 11.4 Å². The third-order valence-electron chi connectivity index (χ3n) is 5.82. The van der Waals surface area contributed by atoms with Gasteiger partial charge >= 0.3 is 0 Å². The zero-order chi connectivity index (χ0) is 17.0. The molecule has 1 amide bonds. The number of carbonyl (C=O) groups is 1. The minimum atomic E-state index is -0.714. The summed E-state index contributed by atoms with van der Waals surface area (Å²) in [6.45, 7) is 2.19. The van der Waals surface area contributed by atoms with Gasteiger partial charge in [-0.2, -0.15) is 0 Å².